The molecule has 1 saturated heterocycles. The van der Waals surface area contributed by atoms with Gasteiger partial charge < -0.3 is 20.6 Å². The van der Waals surface area contributed by atoms with Crippen molar-refractivity contribution in [2.75, 3.05) is 51.2 Å². The number of aliphatic hydroxyl groups is 1. The number of piperazine rings is 1. The van der Waals surface area contributed by atoms with Crippen LogP contribution < -0.4 is 15.0 Å². The van der Waals surface area contributed by atoms with Crippen molar-refractivity contribution < 1.29 is 45.4 Å². The van der Waals surface area contributed by atoms with Gasteiger partial charge in [0.05, 0.1) is 11.1 Å². The summed E-state index contributed by atoms with van der Waals surface area (Å²) in [4.78, 5) is 17.6. The van der Waals surface area contributed by atoms with E-state index in [1.165, 1.54) is 12.8 Å². The molecule has 2 aromatic rings. The Balaban J connectivity index is 1.58. The van der Waals surface area contributed by atoms with Crippen LogP contribution in [0.2, 0.25) is 0 Å². The summed E-state index contributed by atoms with van der Waals surface area (Å²) in [6.07, 6.45) is -8.74. The van der Waals surface area contributed by atoms with Crippen molar-refractivity contribution in [3.05, 3.63) is 65.1 Å². The number of hydrogen-bond donors (Lipinski definition) is 3. The molecule has 2 aliphatic rings. The molecule has 240 valence electrons. The van der Waals surface area contributed by atoms with Crippen LogP contribution >= 0.6 is 0 Å². The van der Waals surface area contributed by atoms with Crippen LogP contribution in [-0.4, -0.2) is 79.8 Å². The lowest BCUT2D eigenvalue weighted by Crippen LogP contribution is -2.54. The summed E-state index contributed by atoms with van der Waals surface area (Å²) < 4.78 is 102. The normalized spacial score (nSPS) is 18.7. The molecule has 0 spiro atoms. The summed E-state index contributed by atoms with van der Waals surface area (Å²) in [6.45, 7) is 3.16. The average molecular weight is 632 g/mol. The number of rotatable bonds is 10. The number of carbonyl (C=O) groups excluding carboxylic acids is 1. The first-order chi connectivity index (χ1) is 20.7. The monoisotopic (exact) mass is 631 g/mol. The molecular weight excluding hydrogens is 599 g/mol. The van der Waals surface area contributed by atoms with Gasteiger partial charge in [-0.1, -0.05) is 0 Å². The van der Waals surface area contributed by atoms with E-state index in [0.29, 0.717) is 37.8 Å². The quantitative estimate of drug-likeness (QED) is 0.184. The molecule has 1 heterocycles. The van der Waals surface area contributed by atoms with Gasteiger partial charge in [0, 0.05) is 75.6 Å². The van der Waals surface area contributed by atoms with E-state index in [9.17, 15) is 40.6 Å². The maximum atomic E-state index is 14.1. The van der Waals surface area contributed by atoms with Crippen LogP contribution in [0.25, 0.3) is 5.57 Å². The molecule has 1 amide bonds. The van der Waals surface area contributed by atoms with Crippen molar-refractivity contribution in [2.24, 2.45) is 5.92 Å². The summed E-state index contributed by atoms with van der Waals surface area (Å²) in [6, 6.07) is 4.52. The number of hydrogen-bond acceptors (Lipinski definition) is 7. The molecule has 3 N–H and O–H groups in total. The molecule has 44 heavy (non-hydrogen) atoms. The van der Waals surface area contributed by atoms with Gasteiger partial charge in [0.25, 0.3) is 0 Å². The van der Waals surface area contributed by atoms with E-state index >= 15 is 0 Å². The highest BCUT2D eigenvalue weighted by Crippen LogP contribution is 2.44. The number of amides is 1. The fourth-order valence-corrected chi connectivity index (χ4v) is 4.79. The van der Waals surface area contributed by atoms with Crippen molar-refractivity contribution in [1.82, 2.24) is 15.1 Å². The summed E-state index contributed by atoms with van der Waals surface area (Å²) in [5.41, 5.74) is -4.72. The molecule has 2 aromatic carbocycles. The van der Waals surface area contributed by atoms with Crippen LogP contribution in [0.15, 0.2) is 42.6 Å². The number of halogens is 7. The molecule has 1 saturated carbocycles. The van der Waals surface area contributed by atoms with Crippen LogP contribution in [0, 0.1) is 17.1 Å². The van der Waals surface area contributed by atoms with Crippen LogP contribution in [0.5, 0.6) is 5.75 Å². The number of alkyl halides is 6. The number of aliphatic hydroxyl groups excluding tert-OH is 1. The Morgan fingerprint density at radius 3 is 2.36 bits per heavy atom. The number of β-amino-alcohol motifs (C(OH)–C–C–N with tert-alkyl or cyclic N) is 1. The number of nitrogens with zero attached hydrogens (tertiary/aromatic N) is 3. The van der Waals surface area contributed by atoms with Crippen LogP contribution in [0.3, 0.4) is 0 Å². The van der Waals surface area contributed by atoms with Gasteiger partial charge >= 0.3 is 18.4 Å². The topological polar surface area (TPSA) is 92.1 Å². The molecule has 1 unspecified atom stereocenters. The predicted molar refractivity (Wildman–Crippen MR) is 149 cm³/mol. The van der Waals surface area contributed by atoms with E-state index in [1.54, 1.807) is 4.90 Å². The summed E-state index contributed by atoms with van der Waals surface area (Å²) >= 11 is 0. The lowest BCUT2D eigenvalue weighted by molar-refractivity contribution is -0.143. The van der Waals surface area contributed by atoms with E-state index in [2.05, 4.69) is 10.2 Å². The van der Waals surface area contributed by atoms with Crippen molar-refractivity contribution in [2.45, 2.75) is 31.4 Å². The van der Waals surface area contributed by atoms with Gasteiger partial charge in [-0.25, -0.2) is 9.18 Å². The predicted octanol–water partition coefficient (Wildman–Crippen LogP) is 5.42. The van der Waals surface area contributed by atoms with Crippen molar-refractivity contribution >= 4 is 23.6 Å². The van der Waals surface area contributed by atoms with Gasteiger partial charge in [-0.15, -0.1) is 0 Å². The number of allylic oxidation sites excluding steroid dienone is 1. The second-order valence-corrected chi connectivity index (χ2v) is 10.7. The third-order valence-corrected chi connectivity index (χ3v) is 7.43. The van der Waals surface area contributed by atoms with Crippen molar-refractivity contribution in [1.29, 1.82) is 5.41 Å². The maximum absolute atomic E-state index is 14.1. The zero-order chi connectivity index (χ0) is 32.2. The molecular formula is C29H32F7N5O3. The van der Waals surface area contributed by atoms with Gasteiger partial charge in [0.15, 0.2) is 5.75 Å². The Morgan fingerprint density at radius 2 is 1.80 bits per heavy atom. The second-order valence-electron chi connectivity index (χ2n) is 10.7. The van der Waals surface area contributed by atoms with Gasteiger partial charge in [-0.05, 0) is 55.2 Å². The van der Waals surface area contributed by atoms with Gasteiger partial charge in [-0.3, -0.25) is 14.7 Å². The molecule has 0 radical (unpaired) electrons. The van der Waals surface area contributed by atoms with E-state index in [0.717, 1.165) is 55.5 Å². The van der Waals surface area contributed by atoms with Gasteiger partial charge in [0.2, 0.25) is 0 Å². The van der Waals surface area contributed by atoms with Gasteiger partial charge in [0.1, 0.15) is 12.0 Å². The van der Waals surface area contributed by atoms with Crippen LogP contribution in [0.4, 0.5) is 41.2 Å². The largest absolute Gasteiger partial charge is 0.420 e. The summed E-state index contributed by atoms with van der Waals surface area (Å²) in [5.74, 6) is -1.21. The van der Waals surface area contributed by atoms with E-state index in [1.807, 2.05) is 0 Å². The minimum absolute atomic E-state index is 0.0402. The Bertz CT molecular complexity index is 1360. The molecule has 2 fully saturated rings. The molecule has 1 atom stereocenters. The zero-order valence-electron chi connectivity index (χ0n) is 23.7. The molecule has 15 heteroatoms. The van der Waals surface area contributed by atoms with Crippen LogP contribution in [0.1, 0.15) is 29.5 Å². The van der Waals surface area contributed by atoms with Crippen LogP contribution in [-0.2, 0) is 12.4 Å². The fourth-order valence-electron chi connectivity index (χ4n) is 4.79. The van der Waals surface area contributed by atoms with E-state index in [-0.39, 0.29) is 18.3 Å². The molecule has 0 bridgehead atoms. The van der Waals surface area contributed by atoms with Gasteiger partial charge in [-0.2, -0.15) is 26.3 Å². The highest BCUT2D eigenvalue weighted by atomic mass is 19.4. The number of ether oxygens (including phenoxy) is 1. The number of carbonyl (C=O) groups is 1. The lowest BCUT2D eigenvalue weighted by Gasteiger charge is -2.38. The Morgan fingerprint density at radius 1 is 1.11 bits per heavy atom. The first kappa shape index (κ1) is 33.2. The fraction of sp³-hybridized carbons (Fsp3) is 0.448. The molecule has 8 nitrogen and oxygen atoms in total. The zero-order valence-corrected chi connectivity index (χ0v) is 23.7. The standard InChI is InChI=1S/C29H32F7N5O3/c1-39(22-6-4-21(30)5-7-22)27(43)44-26-23(12-20(28(31,32)33)13-24(26)29(34,35)36)19(14-37)15-38-8-9-41-11-10-40(17-25(41)42)16-18-2-3-18/h4-7,12-15,18,25,37-38,42H,2-3,8-11,16-17H2,1H3/b19-15+,37-14?. The first-order valence-corrected chi connectivity index (χ1v) is 13.8. The Labute approximate surface area is 249 Å². The minimum atomic E-state index is -5.38. The first-order valence-electron chi connectivity index (χ1n) is 13.8. The van der Waals surface area contributed by atoms with E-state index < -0.39 is 58.5 Å². The Kier molecular flexibility index (Phi) is 10.2. The van der Waals surface area contributed by atoms with Crippen molar-refractivity contribution in [3.63, 3.8) is 0 Å². The second kappa shape index (κ2) is 13.5. The average Bonchev–Trinajstić information content (AvgIpc) is 3.77. The lowest BCUT2D eigenvalue weighted by atomic mass is 9.98. The Hall–Kier alpha value is -3.69. The third kappa shape index (κ3) is 8.48. The summed E-state index contributed by atoms with van der Waals surface area (Å²) in [5, 5.41) is 21.1. The SMILES string of the molecule is CN(C(=O)Oc1c(/C(C=N)=C/NCCN2CCN(CC3CC3)CC2O)cc(C(F)(F)F)cc1C(F)(F)F)c1ccc(F)cc1. The highest BCUT2D eigenvalue weighted by Gasteiger charge is 2.41. The highest BCUT2D eigenvalue weighted by molar-refractivity contribution is 6.10. The van der Waals surface area contributed by atoms with E-state index in [4.69, 9.17) is 10.1 Å². The smallest absolute Gasteiger partial charge is 0.409 e. The molecule has 0 aromatic heterocycles. The van der Waals surface area contributed by atoms with Crippen molar-refractivity contribution in [3.8, 4) is 5.75 Å². The molecule has 1 aliphatic carbocycles. The minimum Gasteiger partial charge on any atom is -0.409 e. The molecule has 4 rings (SSSR count). The maximum Gasteiger partial charge on any atom is 0.420 e. The number of anilines is 1. The molecule has 1 aliphatic heterocycles. The number of benzene rings is 2. The number of nitrogens with one attached hydrogen (secondary N) is 2. The summed E-state index contributed by atoms with van der Waals surface area (Å²) in [7, 11) is 1.13. The third-order valence-electron chi connectivity index (χ3n) is 7.43.